The number of anilines is 1. The molecule has 0 heterocycles. The topological polar surface area (TPSA) is 75.3 Å². The highest BCUT2D eigenvalue weighted by Gasteiger charge is 2.25. The summed E-state index contributed by atoms with van der Waals surface area (Å²) in [7, 11) is -3.63. The van der Waals surface area contributed by atoms with Crippen molar-refractivity contribution in [1.29, 1.82) is 0 Å². The van der Waals surface area contributed by atoms with Gasteiger partial charge in [0.15, 0.2) is 0 Å². The Balaban J connectivity index is 1.76. The Hall–Kier alpha value is -2.25. The first-order chi connectivity index (χ1) is 11.4. The fraction of sp³-hybridized carbons (Fsp3) is 0.235. The third-order valence-electron chi connectivity index (χ3n) is 3.94. The minimum atomic E-state index is -3.63. The van der Waals surface area contributed by atoms with E-state index in [-0.39, 0.29) is 16.5 Å². The number of sulfonamides is 1. The van der Waals surface area contributed by atoms with Crippen molar-refractivity contribution in [3.8, 4) is 0 Å². The lowest BCUT2D eigenvalue weighted by Gasteiger charge is -2.26. The fourth-order valence-electron chi connectivity index (χ4n) is 2.35. The molecule has 1 saturated carbocycles. The van der Waals surface area contributed by atoms with Crippen molar-refractivity contribution in [2.45, 2.75) is 30.2 Å². The van der Waals surface area contributed by atoms with Crippen molar-refractivity contribution < 1.29 is 17.6 Å². The van der Waals surface area contributed by atoms with Gasteiger partial charge in [0.1, 0.15) is 5.82 Å². The van der Waals surface area contributed by atoms with Crippen molar-refractivity contribution in [2.24, 2.45) is 0 Å². The van der Waals surface area contributed by atoms with Crippen LogP contribution in [0.1, 0.15) is 29.6 Å². The van der Waals surface area contributed by atoms with Crippen molar-refractivity contribution in [1.82, 2.24) is 4.72 Å². The van der Waals surface area contributed by atoms with E-state index in [1.165, 1.54) is 48.5 Å². The average Bonchev–Trinajstić information content (AvgIpc) is 2.53. The van der Waals surface area contributed by atoms with E-state index in [1.807, 2.05) is 0 Å². The Bertz CT molecular complexity index is 846. The molecule has 2 N–H and O–H groups in total. The predicted octanol–water partition coefficient (Wildman–Crippen LogP) is 2.91. The van der Waals surface area contributed by atoms with Crippen molar-refractivity contribution >= 4 is 21.6 Å². The lowest BCUT2D eigenvalue weighted by Crippen LogP contribution is -2.39. The Morgan fingerprint density at radius 3 is 2.42 bits per heavy atom. The van der Waals surface area contributed by atoms with Crippen LogP contribution in [0.5, 0.6) is 0 Å². The largest absolute Gasteiger partial charge is 0.322 e. The van der Waals surface area contributed by atoms with Crippen LogP contribution >= 0.6 is 0 Å². The van der Waals surface area contributed by atoms with Gasteiger partial charge in [0.05, 0.1) is 4.90 Å². The van der Waals surface area contributed by atoms with E-state index in [0.717, 1.165) is 19.3 Å². The molecule has 0 radical (unpaired) electrons. The second-order valence-corrected chi connectivity index (χ2v) is 7.45. The lowest BCUT2D eigenvalue weighted by atomic mass is 9.94. The molecule has 1 fully saturated rings. The average molecular weight is 348 g/mol. The van der Waals surface area contributed by atoms with Gasteiger partial charge in [-0.25, -0.2) is 17.5 Å². The summed E-state index contributed by atoms with van der Waals surface area (Å²) >= 11 is 0. The normalized spacial score (nSPS) is 14.9. The predicted molar refractivity (Wildman–Crippen MR) is 88.8 cm³/mol. The van der Waals surface area contributed by atoms with Gasteiger partial charge >= 0.3 is 0 Å². The maximum Gasteiger partial charge on any atom is 0.255 e. The summed E-state index contributed by atoms with van der Waals surface area (Å²) in [5.74, 6) is -0.856. The van der Waals surface area contributed by atoms with Crippen molar-refractivity contribution in [2.75, 3.05) is 5.32 Å². The first kappa shape index (κ1) is 16.6. The first-order valence-electron chi connectivity index (χ1n) is 7.63. The van der Waals surface area contributed by atoms with Gasteiger partial charge in [-0.15, -0.1) is 0 Å². The van der Waals surface area contributed by atoms with Gasteiger partial charge in [0, 0.05) is 17.3 Å². The molecule has 7 heteroatoms. The van der Waals surface area contributed by atoms with Gasteiger partial charge in [0.2, 0.25) is 10.0 Å². The molecule has 0 aliphatic heterocycles. The summed E-state index contributed by atoms with van der Waals surface area (Å²) in [6.07, 6.45) is 2.70. The summed E-state index contributed by atoms with van der Waals surface area (Å²) in [6.45, 7) is 0. The molecule has 0 atom stereocenters. The molecule has 24 heavy (non-hydrogen) atoms. The highest BCUT2D eigenvalue weighted by Crippen LogP contribution is 2.21. The van der Waals surface area contributed by atoms with Crippen LogP contribution in [0.4, 0.5) is 10.1 Å². The van der Waals surface area contributed by atoms with Gasteiger partial charge in [-0.3, -0.25) is 4.79 Å². The van der Waals surface area contributed by atoms with E-state index in [4.69, 9.17) is 0 Å². The summed E-state index contributed by atoms with van der Waals surface area (Å²) in [4.78, 5) is 12.3. The van der Waals surface area contributed by atoms with Gasteiger partial charge < -0.3 is 5.32 Å². The number of rotatable bonds is 5. The van der Waals surface area contributed by atoms with E-state index in [1.54, 1.807) is 0 Å². The number of hydrogen-bond donors (Lipinski definition) is 2. The first-order valence-corrected chi connectivity index (χ1v) is 9.12. The number of halogens is 1. The smallest absolute Gasteiger partial charge is 0.255 e. The van der Waals surface area contributed by atoms with Crippen molar-refractivity contribution in [3.63, 3.8) is 0 Å². The lowest BCUT2D eigenvalue weighted by molar-refractivity contribution is 0.102. The molecular formula is C17H17FN2O3S. The van der Waals surface area contributed by atoms with E-state index >= 15 is 0 Å². The molecule has 126 valence electrons. The SMILES string of the molecule is O=C(Nc1ccc(F)cc1)c1cccc(S(=O)(=O)NC2CCC2)c1. The van der Waals surface area contributed by atoms with Crippen LogP contribution in [-0.4, -0.2) is 20.4 Å². The van der Waals surface area contributed by atoms with E-state index in [0.29, 0.717) is 5.69 Å². The van der Waals surface area contributed by atoms with Crippen LogP contribution in [0.2, 0.25) is 0 Å². The zero-order chi connectivity index (χ0) is 17.2. The number of nitrogens with one attached hydrogen (secondary N) is 2. The van der Waals surface area contributed by atoms with Crippen LogP contribution in [-0.2, 0) is 10.0 Å². The van der Waals surface area contributed by atoms with E-state index in [2.05, 4.69) is 10.0 Å². The van der Waals surface area contributed by atoms with Gasteiger partial charge in [-0.05, 0) is 55.3 Å². The highest BCUT2D eigenvalue weighted by atomic mass is 32.2. The minimum Gasteiger partial charge on any atom is -0.322 e. The van der Waals surface area contributed by atoms with Gasteiger partial charge in [0.25, 0.3) is 5.91 Å². The van der Waals surface area contributed by atoms with Gasteiger partial charge in [-0.1, -0.05) is 12.5 Å². The monoisotopic (exact) mass is 348 g/mol. The molecule has 1 aliphatic carbocycles. The number of carbonyl (C=O) groups excluding carboxylic acids is 1. The standard InChI is InChI=1S/C17H17FN2O3S/c18-13-7-9-14(10-8-13)19-17(21)12-3-1-6-16(11-12)24(22,23)20-15-4-2-5-15/h1,3,6-11,15,20H,2,4-5H2,(H,19,21). The number of benzene rings is 2. The molecule has 1 aliphatic rings. The Morgan fingerprint density at radius 1 is 1.08 bits per heavy atom. The molecular weight excluding hydrogens is 331 g/mol. The summed E-state index contributed by atoms with van der Waals surface area (Å²) in [5.41, 5.74) is 0.651. The summed E-state index contributed by atoms with van der Waals surface area (Å²) in [6, 6.07) is 11.2. The molecule has 0 bridgehead atoms. The molecule has 1 amide bonds. The Kier molecular flexibility index (Phi) is 4.64. The van der Waals surface area contributed by atoms with E-state index < -0.39 is 21.7 Å². The van der Waals surface area contributed by atoms with Crippen LogP contribution in [0.25, 0.3) is 0 Å². The number of amides is 1. The number of hydrogen-bond acceptors (Lipinski definition) is 3. The molecule has 0 unspecified atom stereocenters. The van der Waals surface area contributed by atoms with Crippen LogP contribution in [0.3, 0.4) is 0 Å². The molecule has 2 aromatic carbocycles. The van der Waals surface area contributed by atoms with Crippen LogP contribution in [0.15, 0.2) is 53.4 Å². The quantitative estimate of drug-likeness (QED) is 0.872. The third kappa shape index (κ3) is 3.80. The maximum atomic E-state index is 12.9. The molecule has 5 nitrogen and oxygen atoms in total. The third-order valence-corrected chi connectivity index (χ3v) is 5.45. The molecule has 2 aromatic rings. The van der Waals surface area contributed by atoms with E-state index in [9.17, 15) is 17.6 Å². The highest BCUT2D eigenvalue weighted by molar-refractivity contribution is 7.89. The van der Waals surface area contributed by atoms with Crippen LogP contribution < -0.4 is 10.0 Å². The second kappa shape index (κ2) is 6.70. The molecule has 3 rings (SSSR count). The zero-order valence-corrected chi connectivity index (χ0v) is 13.6. The Morgan fingerprint density at radius 2 is 1.79 bits per heavy atom. The van der Waals surface area contributed by atoms with Crippen molar-refractivity contribution in [3.05, 3.63) is 59.9 Å². The van der Waals surface area contributed by atoms with Crippen LogP contribution in [0, 0.1) is 5.82 Å². The fourth-order valence-corrected chi connectivity index (χ4v) is 3.70. The summed E-state index contributed by atoms with van der Waals surface area (Å²) in [5, 5.41) is 2.61. The number of carbonyl (C=O) groups is 1. The summed E-state index contributed by atoms with van der Waals surface area (Å²) < 4.78 is 40.2. The molecule has 0 spiro atoms. The molecule has 0 aromatic heterocycles. The second-order valence-electron chi connectivity index (χ2n) is 5.74. The maximum absolute atomic E-state index is 12.9. The zero-order valence-electron chi connectivity index (χ0n) is 12.8. The minimum absolute atomic E-state index is 0.0216. The molecule has 0 saturated heterocycles. The Labute approximate surface area is 139 Å². The van der Waals surface area contributed by atoms with Gasteiger partial charge in [-0.2, -0.15) is 0 Å².